The van der Waals surface area contributed by atoms with E-state index in [1.165, 1.54) is 44.2 Å². The number of nitrogens with zero attached hydrogens (tertiary/aromatic N) is 1. The first-order chi connectivity index (χ1) is 17.3. The van der Waals surface area contributed by atoms with Crippen molar-refractivity contribution in [3.63, 3.8) is 0 Å². The van der Waals surface area contributed by atoms with Crippen LogP contribution in [0.25, 0.3) is 0 Å². The zero-order valence-corrected chi connectivity index (χ0v) is 22.0. The van der Waals surface area contributed by atoms with Gasteiger partial charge in [-0.3, -0.25) is 4.90 Å². The number of hydrogen-bond donors (Lipinski definition) is 2. The summed E-state index contributed by atoms with van der Waals surface area (Å²) < 4.78 is 49.3. The third-order valence-corrected chi connectivity index (χ3v) is 8.15. The van der Waals surface area contributed by atoms with Crippen molar-refractivity contribution in [2.45, 2.75) is 88.6 Å². The highest BCUT2D eigenvalue weighted by atomic mass is 19.4. The molecule has 5 nitrogen and oxygen atoms in total. The number of nitrogens with one attached hydrogen (secondary N) is 1. The average Bonchev–Trinajstić information content (AvgIpc) is 2.86. The van der Waals surface area contributed by atoms with Crippen LogP contribution in [-0.4, -0.2) is 62.8 Å². The molecule has 3 atom stereocenters. The largest absolute Gasteiger partial charge is 0.573 e. The lowest BCUT2D eigenvalue weighted by atomic mass is 9.73. The summed E-state index contributed by atoms with van der Waals surface area (Å²) in [6, 6.07) is 6.49. The Hall–Kier alpha value is -1.35. The van der Waals surface area contributed by atoms with Crippen molar-refractivity contribution in [3.8, 4) is 5.75 Å². The minimum absolute atomic E-state index is 0.183. The fourth-order valence-corrected chi connectivity index (χ4v) is 6.37. The molecular formula is C28H45F3N2O3. The van der Waals surface area contributed by atoms with E-state index in [0.717, 1.165) is 44.7 Å². The second-order valence-electron chi connectivity index (χ2n) is 10.7. The Balaban J connectivity index is 1.84. The highest BCUT2D eigenvalue weighted by Crippen LogP contribution is 2.45. The number of alkyl halides is 3. The van der Waals surface area contributed by atoms with Crippen LogP contribution < -0.4 is 10.1 Å². The van der Waals surface area contributed by atoms with Crippen LogP contribution in [0.4, 0.5) is 13.2 Å². The minimum atomic E-state index is -4.82. The second-order valence-corrected chi connectivity index (χ2v) is 10.7. The molecule has 0 bridgehead atoms. The van der Waals surface area contributed by atoms with E-state index in [-0.39, 0.29) is 17.2 Å². The maximum absolute atomic E-state index is 13.2. The third-order valence-electron chi connectivity index (χ3n) is 8.15. The lowest BCUT2D eigenvalue weighted by molar-refractivity contribution is -0.275. The Morgan fingerprint density at radius 1 is 1.08 bits per heavy atom. The predicted molar refractivity (Wildman–Crippen MR) is 136 cm³/mol. The average molecular weight is 515 g/mol. The molecular weight excluding hydrogens is 469 g/mol. The van der Waals surface area contributed by atoms with E-state index in [1.807, 2.05) is 7.05 Å². The van der Waals surface area contributed by atoms with Gasteiger partial charge in [-0.25, -0.2) is 0 Å². The van der Waals surface area contributed by atoms with Crippen molar-refractivity contribution in [1.82, 2.24) is 10.2 Å². The van der Waals surface area contributed by atoms with E-state index in [9.17, 15) is 18.3 Å². The van der Waals surface area contributed by atoms with E-state index in [4.69, 9.17) is 4.74 Å². The number of para-hydroxylation sites is 1. The van der Waals surface area contributed by atoms with Crippen molar-refractivity contribution in [1.29, 1.82) is 0 Å². The normalized spacial score (nSPS) is 22.8. The fraction of sp³-hybridized carbons (Fsp3) is 0.786. The quantitative estimate of drug-likeness (QED) is 0.323. The molecule has 36 heavy (non-hydrogen) atoms. The van der Waals surface area contributed by atoms with E-state index < -0.39 is 12.0 Å². The van der Waals surface area contributed by atoms with Crippen molar-refractivity contribution in [2.75, 3.05) is 40.4 Å². The molecule has 1 heterocycles. The van der Waals surface area contributed by atoms with Crippen LogP contribution in [0.5, 0.6) is 5.75 Å². The van der Waals surface area contributed by atoms with E-state index in [1.54, 1.807) is 19.2 Å². The van der Waals surface area contributed by atoms with E-state index >= 15 is 0 Å². The van der Waals surface area contributed by atoms with Gasteiger partial charge in [0.25, 0.3) is 0 Å². The van der Waals surface area contributed by atoms with E-state index in [2.05, 4.69) is 15.0 Å². The Morgan fingerprint density at radius 2 is 1.83 bits per heavy atom. The van der Waals surface area contributed by atoms with Gasteiger partial charge in [-0.2, -0.15) is 0 Å². The van der Waals surface area contributed by atoms with Crippen molar-refractivity contribution in [2.24, 2.45) is 11.8 Å². The highest BCUT2D eigenvalue weighted by Gasteiger charge is 2.44. The molecule has 1 aliphatic heterocycles. The summed E-state index contributed by atoms with van der Waals surface area (Å²) in [4.78, 5) is 2.48. The summed E-state index contributed by atoms with van der Waals surface area (Å²) in [7, 11) is 3.61. The van der Waals surface area contributed by atoms with Crippen LogP contribution in [0, 0.1) is 11.8 Å². The van der Waals surface area contributed by atoms with Crippen molar-refractivity contribution >= 4 is 0 Å². The summed E-state index contributed by atoms with van der Waals surface area (Å²) in [5.74, 6) is 0.245. The van der Waals surface area contributed by atoms with E-state index in [0.29, 0.717) is 32.0 Å². The number of likely N-dealkylation sites (tertiary alicyclic amines) is 1. The topological polar surface area (TPSA) is 54.0 Å². The minimum Gasteiger partial charge on any atom is -0.405 e. The van der Waals surface area contributed by atoms with Crippen LogP contribution in [-0.2, 0) is 10.3 Å². The van der Waals surface area contributed by atoms with Gasteiger partial charge in [0.2, 0.25) is 0 Å². The summed E-state index contributed by atoms with van der Waals surface area (Å²) in [6.45, 7) is 3.05. The molecule has 0 aromatic heterocycles. The number of likely N-dealkylation sites (N-methyl/N-ethyl adjacent to an activating group) is 1. The summed E-state index contributed by atoms with van der Waals surface area (Å²) in [5, 5.41) is 15.6. The Bertz CT molecular complexity index is 773. The van der Waals surface area contributed by atoms with Crippen LogP contribution in [0.15, 0.2) is 24.3 Å². The molecule has 2 N–H and O–H groups in total. The van der Waals surface area contributed by atoms with Crippen molar-refractivity contribution in [3.05, 3.63) is 29.8 Å². The highest BCUT2D eigenvalue weighted by molar-refractivity contribution is 5.39. The van der Waals surface area contributed by atoms with Gasteiger partial charge >= 0.3 is 6.36 Å². The molecule has 1 saturated heterocycles. The maximum atomic E-state index is 13.2. The molecule has 1 aliphatic carbocycles. The summed E-state index contributed by atoms with van der Waals surface area (Å²) in [6.07, 6.45) is 6.26. The van der Waals surface area contributed by atoms with Crippen LogP contribution >= 0.6 is 0 Å². The zero-order chi connectivity index (χ0) is 26.0. The molecule has 2 fully saturated rings. The molecule has 3 rings (SSSR count). The number of benzene rings is 1. The molecule has 1 aromatic carbocycles. The van der Waals surface area contributed by atoms with Gasteiger partial charge in [0, 0.05) is 44.3 Å². The number of ether oxygens (including phenoxy) is 2. The van der Waals surface area contributed by atoms with Gasteiger partial charge < -0.3 is 19.9 Å². The molecule has 1 saturated carbocycles. The van der Waals surface area contributed by atoms with Crippen molar-refractivity contribution < 1.29 is 27.8 Å². The monoisotopic (exact) mass is 514 g/mol. The lowest BCUT2D eigenvalue weighted by Gasteiger charge is -2.46. The number of aliphatic hydroxyl groups is 1. The maximum Gasteiger partial charge on any atom is 0.573 e. The SMILES string of the molecule is CNCC(CC1CCCCC1)N1CCCC(C(O)(CCCCOC)c2ccccc2OC(F)(F)F)C1. The molecule has 1 aromatic rings. The van der Waals surface area contributed by atoms with Crippen LogP contribution in [0.2, 0.25) is 0 Å². The number of rotatable bonds is 13. The van der Waals surface area contributed by atoms with Gasteiger partial charge in [0.1, 0.15) is 5.75 Å². The first-order valence-corrected chi connectivity index (χ1v) is 13.7. The molecule has 2 aliphatic rings. The lowest BCUT2D eigenvalue weighted by Crippen LogP contribution is -2.52. The third kappa shape index (κ3) is 8.33. The van der Waals surface area contributed by atoms with Crippen LogP contribution in [0.1, 0.15) is 76.2 Å². The molecule has 3 unspecified atom stereocenters. The van der Waals surface area contributed by atoms with Crippen LogP contribution in [0.3, 0.4) is 0 Å². The first kappa shape index (κ1) is 29.2. The van der Waals surface area contributed by atoms with Gasteiger partial charge in [0.05, 0.1) is 5.60 Å². The molecule has 0 radical (unpaired) electrons. The number of hydrogen-bond acceptors (Lipinski definition) is 5. The summed E-state index contributed by atoms with van der Waals surface area (Å²) in [5.41, 5.74) is -1.17. The first-order valence-electron chi connectivity index (χ1n) is 13.7. The second kappa shape index (κ2) is 14.0. The summed E-state index contributed by atoms with van der Waals surface area (Å²) >= 11 is 0. The Kier molecular flexibility index (Phi) is 11.3. The number of piperidine rings is 1. The molecule has 8 heteroatoms. The Labute approximate surface area is 214 Å². The zero-order valence-electron chi connectivity index (χ0n) is 22.0. The number of halogens is 3. The fourth-order valence-electron chi connectivity index (χ4n) is 6.37. The Morgan fingerprint density at radius 3 is 2.53 bits per heavy atom. The molecule has 206 valence electrons. The van der Waals surface area contributed by atoms with Gasteiger partial charge in [0.15, 0.2) is 0 Å². The molecule has 0 spiro atoms. The number of unbranched alkanes of at least 4 members (excludes halogenated alkanes) is 1. The number of methoxy groups -OCH3 is 1. The van der Waals surface area contributed by atoms with Gasteiger partial charge in [-0.05, 0) is 64.1 Å². The smallest absolute Gasteiger partial charge is 0.405 e. The predicted octanol–water partition coefficient (Wildman–Crippen LogP) is 5.86. The standard InChI is InChI=1S/C28H45F3N2O3/c1-32-20-24(19-22-11-4-3-5-12-22)33-17-10-13-23(21-33)27(34,16-8-9-18-35-2)25-14-6-7-15-26(25)36-28(29,30)31/h6-7,14-15,22-24,32,34H,3-5,8-13,16-21H2,1-2H3. The molecule has 0 amide bonds. The van der Waals surface area contributed by atoms with Gasteiger partial charge in [-0.15, -0.1) is 13.2 Å². The van der Waals surface area contributed by atoms with Gasteiger partial charge in [-0.1, -0.05) is 50.3 Å².